The third kappa shape index (κ3) is 4.47. The first kappa shape index (κ1) is 15.9. The molecular formula is C13H25N3O3. The van der Waals surface area contributed by atoms with Gasteiger partial charge >= 0.3 is 5.97 Å². The standard InChI is InChI=1S/C13H25N3O3/c1-4-15(5-2)12(17)10-14-6-8-16(9-7-14)11(3)13(18)19/h11H,4-10H2,1-3H3,(H,18,19). The molecular weight excluding hydrogens is 246 g/mol. The van der Waals surface area contributed by atoms with Crippen LogP contribution >= 0.6 is 0 Å². The summed E-state index contributed by atoms with van der Waals surface area (Å²) < 4.78 is 0. The van der Waals surface area contributed by atoms with Gasteiger partial charge in [0.15, 0.2) is 0 Å². The van der Waals surface area contributed by atoms with Gasteiger partial charge in [0.2, 0.25) is 5.91 Å². The zero-order valence-corrected chi connectivity index (χ0v) is 12.1. The van der Waals surface area contributed by atoms with E-state index in [-0.39, 0.29) is 5.91 Å². The van der Waals surface area contributed by atoms with E-state index < -0.39 is 12.0 Å². The van der Waals surface area contributed by atoms with Crippen LogP contribution in [-0.4, -0.2) is 83.5 Å². The fourth-order valence-electron chi connectivity index (χ4n) is 2.33. The van der Waals surface area contributed by atoms with Gasteiger partial charge in [0.1, 0.15) is 6.04 Å². The fourth-order valence-corrected chi connectivity index (χ4v) is 2.33. The average Bonchev–Trinajstić information content (AvgIpc) is 2.40. The highest BCUT2D eigenvalue weighted by Gasteiger charge is 2.26. The number of amides is 1. The van der Waals surface area contributed by atoms with Gasteiger partial charge in [0, 0.05) is 39.3 Å². The molecule has 1 aliphatic heterocycles. The zero-order chi connectivity index (χ0) is 14.4. The molecule has 1 N–H and O–H groups in total. The molecule has 1 rings (SSSR count). The van der Waals surface area contributed by atoms with Crippen LogP contribution in [0.4, 0.5) is 0 Å². The molecule has 1 unspecified atom stereocenters. The molecule has 0 spiro atoms. The van der Waals surface area contributed by atoms with E-state index in [0.29, 0.717) is 19.6 Å². The molecule has 0 aromatic rings. The Bertz CT molecular complexity index is 310. The van der Waals surface area contributed by atoms with Gasteiger partial charge in [0.25, 0.3) is 0 Å². The number of rotatable bonds is 6. The smallest absolute Gasteiger partial charge is 0.320 e. The van der Waals surface area contributed by atoms with E-state index in [2.05, 4.69) is 4.90 Å². The van der Waals surface area contributed by atoms with Gasteiger partial charge in [-0.2, -0.15) is 0 Å². The number of hydrogen-bond donors (Lipinski definition) is 1. The molecule has 1 saturated heterocycles. The Balaban J connectivity index is 2.38. The summed E-state index contributed by atoms with van der Waals surface area (Å²) in [4.78, 5) is 28.8. The summed E-state index contributed by atoms with van der Waals surface area (Å²) in [6.07, 6.45) is 0. The van der Waals surface area contributed by atoms with E-state index in [4.69, 9.17) is 5.11 Å². The number of carbonyl (C=O) groups is 2. The van der Waals surface area contributed by atoms with E-state index >= 15 is 0 Å². The number of carbonyl (C=O) groups excluding carboxylic acids is 1. The Morgan fingerprint density at radius 3 is 2.11 bits per heavy atom. The van der Waals surface area contributed by atoms with Crippen molar-refractivity contribution in [3.05, 3.63) is 0 Å². The molecule has 0 radical (unpaired) electrons. The van der Waals surface area contributed by atoms with E-state index in [1.165, 1.54) is 0 Å². The second-order valence-corrected chi connectivity index (χ2v) is 4.89. The van der Waals surface area contributed by atoms with Gasteiger partial charge in [-0.3, -0.25) is 19.4 Å². The van der Waals surface area contributed by atoms with Crippen molar-refractivity contribution in [1.82, 2.24) is 14.7 Å². The van der Waals surface area contributed by atoms with Crippen molar-refractivity contribution in [2.45, 2.75) is 26.8 Å². The van der Waals surface area contributed by atoms with Crippen molar-refractivity contribution >= 4 is 11.9 Å². The van der Waals surface area contributed by atoms with Crippen LogP contribution in [0.3, 0.4) is 0 Å². The van der Waals surface area contributed by atoms with Gasteiger partial charge in [-0.15, -0.1) is 0 Å². The van der Waals surface area contributed by atoms with Crippen molar-refractivity contribution in [3.63, 3.8) is 0 Å². The van der Waals surface area contributed by atoms with Crippen LogP contribution in [0.15, 0.2) is 0 Å². The van der Waals surface area contributed by atoms with E-state index in [1.54, 1.807) is 6.92 Å². The summed E-state index contributed by atoms with van der Waals surface area (Å²) >= 11 is 0. The molecule has 0 bridgehead atoms. The van der Waals surface area contributed by atoms with Crippen LogP contribution in [-0.2, 0) is 9.59 Å². The molecule has 6 nitrogen and oxygen atoms in total. The number of carboxylic acid groups (broad SMARTS) is 1. The van der Waals surface area contributed by atoms with Gasteiger partial charge in [-0.25, -0.2) is 0 Å². The topological polar surface area (TPSA) is 64.1 Å². The lowest BCUT2D eigenvalue weighted by atomic mass is 10.2. The lowest BCUT2D eigenvalue weighted by Crippen LogP contribution is -2.53. The molecule has 1 aliphatic rings. The number of likely N-dealkylation sites (N-methyl/N-ethyl adjacent to an activating group) is 1. The van der Waals surface area contributed by atoms with Crippen LogP contribution < -0.4 is 0 Å². The Labute approximate surface area is 115 Å². The molecule has 1 atom stereocenters. The zero-order valence-electron chi connectivity index (χ0n) is 12.1. The fraction of sp³-hybridized carbons (Fsp3) is 0.846. The quantitative estimate of drug-likeness (QED) is 0.733. The summed E-state index contributed by atoms with van der Waals surface area (Å²) in [6.45, 7) is 10.5. The van der Waals surface area contributed by atoms with E-state index in [9.17, 15) is 9.59 Å². The van der Waals surface area contributed by atoms with Crippen molar-refractivity contribution in [1.29, 1.82) is 0 Å². The SMILES string of the molecule is CCN(CC)C(=O)CN1CCN(C(C)C(=O)O)CC1. The predicted molar refractivity (Wildman–Crippen MR) is 73.0 cm³/mol. The van der Waals surface area contributed by atoms with Gasteiger partial charge in [0.05, 0.1) is 6.54 Å². The number of piperazine rings is 1. The highest BCUT2D eigenvalue weighted by molar-refractivity contribution is 5.78. The average molecular weight is 271 g/mol. The van der Waals surface area contributed by atoms with Crippen LogP contribution in [0.5, 0.6) is 0 Å². The molecule has 110 valence electrons. The Hall–Kier alpha value is -1.14. The van der Waals surface area contributed by atoms with Crippen molar-refractivity contribution in [3.8, 4) is 0 Å². The lowest BCUT2D eigenvalue weighted by Gasteiger charge is -2.36. The van der Waals surface area contributed by atoms with Crippen LogP contribution in [0.25, 0.3) is 0 Å². The predicted octanol–water partition coefficient (Wildman–Crippen LogP) is -0.0545. The molecule has 0 aromatic heterocycles. The normalized spacial score (nSPS) is 19.1. The van der Waals surface area contributed by atoms with E-state index in [0.717, 1.165) is 26.2 Å². The van der Waals surface area contributed by atoms with Crippen LogP contribution in [0, 0.1) is 0 Å². The maximum Gasteiger partial charge on any atom is 0.320 e. The Morgan fingerprint density at radius 1 is 1.16 bits per heavy atom. The monoisotopic (exact) mass is 271 g/mol. The second-order valence-electron chi connectivity index (χ2n) is 4.89. The minimum absolute atomic E-state index is 0.157. The van der Waals surface area contributed by atoms with Crippen molar-refractivity contribution < 1.29 is 14.7 Å². The lowest BCUT2D eigenvalue weighted by molar-refractivity contribution is -0.144. The Morgan fingerprint density at radius 2 is 1.68 bits per heavy atom. The minimum atomic E-state index is -0.785. The summed E-state index contributed by atoms with van der Waals surface area (Å²) in [7, 11) is 0. The third-order valence-electron chi connectivity index (χ3n) is 3.79. The molecule has 1 fully saturated rings. The van der Waals surface area contributed by atoms with Crippen LogP contribution in [0.1, 0.15) is 20.8 Å². The third-order valence-corrected chi connectivity index (χ3v) is 3.79. The van der Waals surface area contributed by atoms with Gasteiger partial charge < -0.3 is 10.0 Å². The first-order chi connectivity index (χ1) is 8.99. The summed E-state index contributed by atoms with van der Waals surface area (Å²) in [6, 6.07) is -0.444. The molecule has 0 aromatic carbocycles. The van der Waals surface area contributed by atoms with Gasteiger partial charge in [-0.1, -0.05) is 0 Å². The first-order valence-electron chi connectivity index (χ1n) is 6.96. The maximum absolute atomic E-state index is 12.0. The van der Waals surface area contributed by atoms with Crippen molar-refractivity contribution in [2.24, 2.45) is 0 Å². The number of carboxylic acids is 1. The second kappa shape index (κ2) is 7.45. The Kier molecular flexibility index (Phi) is 6.24. The largest absolute Gasteiger partial charge is 0.480 e. The number of nitrogens with zero attached hydrogens (tertiary/aromatic N) is 3. The summed E-state index contributed by atoms with van der Waals surface area (Å²) in [5.41, 5.74) is 0. The maximum atomic E-state index is 12.0. The minimum Gasteiger partial charge on any atom is -0.480 e. The number of aliphatic carboxylic acids is 1. The van der Waals surface area contributed by atoms with Crippen LogP contribution in [0.2, 0.25) is 0 Å². The van der Waals surface area contributed by atoms with Crippen molar-refractivity contribution in [2.75, 3.05) is 45.8 Å². The summed E-state index contributed by atoms with van der Waals surface area (Å²) in [5.74, 6) is -0.627. The summed E-state index contributed by atoms with van der Waals surface area (Å²) in [5, 5.41) is 8.97. The molecule has 6 heteroatoms. The molecule has 0 aliphatic carbocycles. The molecule has 1 heterocycles. The molecule has 19 heavy (non-hydrogen) atoms. The van der Waals surface area contributed by atoms with E-state index in [1.807, 2.05) is 23.6 Å². The molecule has 1 amide bonds. The highest BCUT2D eigenvalue weighted by Crippen LogP contribution is 2.07. The van der Waals surface area contributed by atoms with Gasteiger partial charge in [-0.05, 0) is 20.8 Å². The highest BCUT2D eigenvalue weighted by atomic mass is 16.4. The molecule has 0 saturated carbocycles. The number of hydrogen-bond acceptors (Lipinski definition) is 4. The first-order valence-corrected chi connectivity index (χ1v) is 6.96.